The fourth-order valence-electron chi connectivity index (χ4n) is 4.44. The number of allylic oxidation sites excluding steroid dienone is 6. The molecule has 126 valence electrons. The summed E-state index contributed by atoms with van der Waals surface area (Å²) >= 11 is 3.44. The van der Waals surface area contributed by atoms with E-state index < -0.39 is 0 Å². The highest BCUT2D eigenvalue weighted by Crippen LogP contribution is 2.62. The monoisotopic (exact) mass is 378 g/mol. The van der Waals surface area contributed by atoms with Crippen LogP contribution in [-0.2, 0) is 0 Å². The first kappa shape index (κ1) is 15.1. The standard InChI is InChI=1S/C22H12F2S2/c23-11-1-3-13-17(9-11)15-5-7-25-21(15)19(13)20-14-4-2-12(24)10-18(14)16-6-8-26-22(16)20/h1-10,15-16H. The van der Waals surface area contributed by atoms with Gasteiger partial charge in [-0.2, -0.15) is 0 Å². The molecule has 0 aromatic heterocycles. The van der Waals surface area contributed by atoms with E-state index in [1.807, 2.05) is 12.1 Å². The lowest BCUT2D eigenvalue weighted by Crippen LogP contribution is -1.92. The summed E-state index contributed by atoms with van der Waals surface area (Å²) in [6.07, 6.45) is 4.29. The van der Waals surface area contributed by atoms with Crippen LogP contribution < -0.4 is 0 Å². The van der Waals surface area contributed by atoms with Gasteiger partial charge in [0.05, 0.1) is 0 Å². The summed E-state index contributed by atoms with van der Waals surface area (Å²) in [6, 6.07) is 10.2. The van der Waals surface area contributed by atoms with Crippen LogP contribution in [0.5, 0.6) is 0 Å². The molecule has 2 aliphatic heterocycles. The topological polar surface area (TPSA) is 0 Å². The first-order chi connectivity index (χ1) is 12.7. The van der Waals surface area contributed by atoms with Gasteiger partial charge in [0.15, 0.2) is 0 Å². The molecule has 6 rings (SSSR count). The van der Waals surface area contributed by atoms with Crippen LogP contribution >= 0.6 is 23.5 Å². The molecule has 2 aliphatic carbocycles. The summed E-state index contributed by atoms with van der Waals surface area (Å²) < 4.78 is 27.8. The summed E-state index contributed by atoms with van der Waals surface area (Å²) in [5, 5.41) is 4.19. The quantitative estimate of drug-likeness (QED) is 0.535. The number of halogens is 2. The minimum absolute atomic E-state index is 0.135. The highest BCUT2D eigenvalue weighted by atomic mass is 32.2. The molecule has 2 atom stereocenters. The van der Waals surface area contributed by atoms with E-state index in [9.17, 15) is 8.78 Å². The van der Waals surface area contributed by atoms with Crippen LogP contribution in [-0.4, -0.2) is 0 Å². The SMILES string of the molecule is Fc1ccc2c(c1)C1C=CSC1=C2C1=C2SC=CC2c2cc(F)ccc21. The van der Waals surface area contributed by atoms with Gasteiger partial charge in [-0.1, -0.05) is 24.3 Å². The molecule has 4 aliphatic rings. The minimum atomic E-state index is -0.198. The van der Waals surface area contributed by atoms with Gasteiger partial charge in [0, 0.05) is 32.8 Å². The number of rotatable bonds is 1. The zero-order chi connectivity index (χ0) is 17.4. The molecular weight excluding hydrogens is 366 g/mol. The third-order valence-electron chi connectivity index (χ3n) is 5.48. The van der Waals surface area contributed by atoms with Gasteiger partial charge in [-0.05, 0) is 57.3 Å². The Bertz CT molecular complexity index is 1030. The molecule has 0 saturated heterocycles. The maximum Gasteiger partial charge on any atom is 0.123 e. The highest BCUT2D eigenvalue weighted by molar-refractivity contribution is 8.06. The number of hydrogen-bond acceptors (Lipinski definition) is 2. The lowest BCUT2D eigenvalue weighted by molar-refractivity contribution is 0.625. The van der Waals surface area contributed by atoms with E-state index in [0.717, 1.165) is 22.3 Å². The van der Waals surface area contributed by atoms with Crippen molar-refractivity contribution in [1.29, 1.82) is 0 Å². The maximum atomic E-state index is 13.9. The first-order valence-electron chi connectivity index (χ1n) is 8.47. The van der Waals surface area contributed by atoms with Crippen molar-refractivity contribution in [2.75, 3.05) is 0 Å². The molecule has 2 heterocycles. The average molecular weight is 378 g/mol. The van der Waals surface area contributed by atoms with E-state index >= 15 is 0 Å². The van der Waals surface area contributed by atoms with E-state index in [-0.39, 0.29) is 23.5 Å². The molecule has 2 aromatic rings. The van der Waals surface area contributed by atoms with Gasteiger partial charge in [-0.25, -0.2) is 8.78 Å². The Kier molecular flexibility index (Phi) is 3.04. The zero-order valence-electron chi connectivity index (χ0n) is 13.5. The second kappa shape index (κ2) is 5.24. The second-order valence-electron chi connectivity index (χ2n) is 6.79. The van der Waals surface area contributed by atoms with Crippen LogP contribution in [0, 0.1) is 11.6 Å². The highest BCUT2D eigenvalue weighted by Gasteiger charge is 2.40. The molecule has 0 nitrogen and oxygen atoms in total. The van der Waals surface area contributed by atoms with Crippen LogP contribution in [0.4, 0.5) is 8.78 Å². The van der Waals surface area contributed by atoms with Crippen LogP contribution in [0.15, 0.2) is 69.2 Å². The summed E-state index contributed by atoms with van der Waals surface area (Å²) in [5.74, 6) is -0.126. The summed E-state index contributed by atoms with van der Waals surface area (Å²) in [4.78, 5) is 2.52. The lowest BCUT2D eigenvalue weighted by atomic mass is 9.94. The van der Waals surface area contributed by atoms with Crippen molar-refractivity contribution < 1.29 is 8.78 Å². The first-order valence-corrected chi connectivity index (χ1v) is 10.2. The van der Waals surface area contributed by atoms with Gasteiger partial charge < -0.3 is 0 Å². The smallest absolute Gasteiger partial charge is 0.123 e. The Morgan fingerprint density at radius 3 is 1.58 bits per heavy atom. The lowest BCUT2D eigenvalue weighted by Gasteiger charge is -2.13. The number of hydrogen-bond donors (Lipinski definition) is 0. The summed E-state index contributed by atoms with van der Waals surface area (Å²) in [6.45, 7) is 0. The molecule has 0 amide bonds. The second-order valence-corrected chi connectivity index (χ2v) is 8.69. The molecule has 2 aromatic carbocycles. The summed E-state index contributed by atoms with van der Waals surface area (Å²) in [7, 11) is 0. The van der Waals surface area contributed by atoms with Crippen LogP contribution in [0.1, 0.15) is 34.1 Å². The van der Waals surface area contributed by atoms with E-state index in [4.69, 9.17) is 0 Å². The Balaban J connectivity index is 1.65. The van der Waals surface area contributed by atoms with Crippen molar-refractivity contribution in [1.82, 2.24) is 0 Å². The third kappa shape index (κ3) is 1.86. The van der Waals surface area contributed by atoms with Crippen molar-refractivity contribution in [3.63, 3.8) is 0 Å². The van der Waals surface area contributed by atoms with Gasteiger partial charge in [-0.15, -0.1) is 23.5 Å². The summed E-state index contributed by atoms with van der Waals surface area (Å²) in [5.41, 5.74) is 6.67. The van der Waals surface area contributed by atoms with Crippen LogP contribution in [0.3, 0.4) is 0 Å². The molecule has 0 saturated carbocycles. The normalized spacial score (nSPS) is 24.4. The Hall–Kier alpha value is -2.04. The van der Waals surface area contributed by atoms with Crippen molar-refractivity contribution in [2.24, 2.45) is 0 Å². The number of thioether (sulfide) groups is 2. The van der Waals surface area contributed by atoms with Gasteiger partial charge >= 0.3 is 0 Å². The Morgan fingerprint density at radius 1 is 0.654 bits per heavy atom. The largest absolute Gasteiger partial charge is 0.207 e. The molecule has 0 N–H and O–H groups in total. The van der Waals surface area contributed by atoms with Crippen LogP contribution in [0.25, 0.3) is 11.1 Å². The predicted octanol–water partition coefficient (Wildman–Crippen LogP) is 6.80. The van der Waals surface area contributed by atoms with E-state index in [0.29, 0.717) is 0 Å². The molecule has 0 bridgehead atoms. The van der Waals surface area contributed by atoms with E-state index in [1.54, 1.807) is 35.7 Å². The molecule has 0 radical (unpaired) electrons. The minimum Gasteiger partial charge on any atom is -0.207 e. The molecule has 4 heteroatoms. The third-order valence-corrected chi connectivity index (χ3v) is 7.49. The van der Waals surface area contributed by atoms with Gasteiger partial charge in [0.25, 0.3) is 0 Å². The van der Waals surface area contributed by atoms with Gasteiger partial charge in [0.1, 0.15) is 11.6 Å². The zero-order valence-corrected chi connectivity index (χ0v) is 15.1. The van der Waals surface area contributed by atoms with Crippen LogP contribution in [0.2, 0.25) is 0 Å². The maximum absolute atomic E-state index is 13.9. The fourth-order valence-corrected chi connectivity index (χ4v) is 6.57. The van der Waals surface area contributed by atoms with Crippen molar-refractivity contribution in [3.05, 3.63) is 103 Å². The fraction of sp³-hybridized carbons (Fsp3) is 0.0909. The number of fused-ring (bicyclic) bond motifs is 6. The van der Waals surface area contributed by atoms with E-state index in [1.165, 1.54) is 33.1 Å². The van der Waals surface area contributed by atoms with Gasteiger partial charge in [-0.3, -0.25) is 0 Å². The predicted molar refractivity (Wildman–Crippen MR) is 106 cm³/mol. The molecular formula is C22H12F2S2. The molecule has 0 spiro atoms. The van der Waals surface area contributed by atoms with Gasteiger partial charge in [0.2, 0.25) is 0 Å². The van der Waals surface area contributed by atoms with Crippen molar-refractivity contribution >= 4 is 34.7 Å². The van der Waals surface area contributed by atoms with E-state index in [2.05, 4.69) is 23.0 Å². The van der Waals surface area contributed by atoms with Crippen molar-refractivity contribution in [3.8, 4) is 0 Å². The molecule has 26 heavy (non-hydrogen) atoms. The average Bonchev–Trinajstić information content (AvgIpc) is 3.36. The Labute approximate surface area is 158 Å². The van der Waals surface area contributed by atoms with Crippen molar-refractivity contribution in [2.45, 2.75) is 11.8 Å². The molecule has 2 unspecified atom stereocenters. The molecule has 0 fully saturated rings. The Morgan fingerprint density at radius 2 is 1.12 bits per heavy atom. The number of benzene rings is 2.